The summed E-state index contributed by atoms with van der Waals surface area (Å²) in [5, 5.41) is 9.82. The highest BCUT2D eigenvalue weighted by atomic mass is 32.2. The van der Waals surface area contributed by atoms with Crippen LogP contribution >= 0.6 is 0 Å². The van der Waals surface area contributed by atoms with E-state index >= 15 is 0 Å². The van der Waals surface area contributed by atoms with Gasteiger partial charge in [0.15, 0.2) is 0 Å². The van der Waals surface area contributed by atoms with Gasteiger partial charge < -0.3 is 5.11 Å². The summed E-state index contributed by atoms with van der Waals surface area (Å²) in [5.74, 6) is -1.10. The molecular weight excluding hydrogens is 328 g/mol. The van der Waals surface area contributed by atoms with E-state index in [0.29, 0.717) is 13.0 Å². The molecule has 0 bridgehead atoms. The molecule has 6 nitrogen and oxygen atoms in total. The number of hydrogen-bond donors (Lipinski definition) is 1. The summed E-state index contributed by atoms with van der Waals surface area (Å²) in [6, 6.07) is 8.47. The van der Waals surface area contributed by atoms with E-state index in [9.17, 15) is 13.2 Å². The molecule has 1 atom stereocenters. The summed E-state index contributed by atoms with van der Waals surface area (Å²) in [7, 11) is -3.69. The number of carbonyl (C=O) groups is 1. The second kappa shape index (κ2) is 5.82. The van der Waals surface area contributed by atoms with Crippen LogP contribution in [-0.4, -0.2) is 40.9 Å². The van der Waals surface area contributed by atoms with Gasteiger partial charge in [0.2, 0.25) is 10.0 Å². The van der Waals surface area contributed by atoms with Crippen molar-refractivity contribution >= 4 is 26.9 Å². The van der Waals surface area contributed by atoms with Crippen molar-refractivity contribution < 1.29 is 18.3 Å². The van der Waals surface area contributed by atoms with Gasteiger partial charge in [-0.05, 0) is 50.5 Å². The third-order valence-electron chi connectivity index (χ3n) is 4.91. The van der Waals surface area contributed by atoms with E-state index in [1.807, 2.05) is 6.07 Å². The van der Waals surface area contributed by atoms with Crippen molar-refractivity contribution in [3.8, 4) is 0 Å². The molecule has 128 valence electrons. The first-order valence-electron chi connectivity index (χ1n) is 7.82. The fourth-order valence-corrected chi connectivity index (χ4v) is 5.34. The molecule has 2 aromatic rings. The van der Waals surface area contributed by atoms with E-state index in [1.165, 1.54) is 4.31 Å². The monoisotopic (exact) mass is 348 g/mol. The standard InChI is InChI=1S/C17H20N2O4S/c1-17(2)13(11-16(20)21)7-9-19(17)24(22,23)14-5-6-15-12(10-14)4-3-8-18-15/h3-6,8,10,13H,7,9,11H2,1-2H3,(H,20,21). The van der Waals surface area contributed by atoms with Gasteiger partial charge in [-0.3, -0.25) is 9.78 Å². The Morgan fingerprint density at radius 1 is 1.38 bits per heavy atom. The Morgan fingerprint density at radius 2 is 2.12 bits per heavy atom. The number of aliphatic carboxylic acids is 1. The van der Waals surface area contributed by atoms with E-state index in [1.54, 1.807) is 44.3 Å². The predicted molar refractivity (Wildman–Crippen MR) is 90.1 cm³/mol. The lowest BCUT2D eigenvalue weighted by Crippen LogP contribution is -2.46. The van der Waals surface area contributed by atoms with Crippen molar-refractivity contribution in [2.75, 3.05) is 6.54 Å². The first kappa shape index (κ1) is 16.9. The smallest absolute Gasteiger partial charge is 0.303 e. The van der Waals surface area contributed by atoms with Gasteiger partial charge in [0, 0.05) is 30.1 Å². The second-order valence-electron chi connectivity index (χ2n) is 6.67. The quantitative estimate of drug-likeness (QED) is 0.917. The molecular formula is C17H20N2O4S. The van der Waals surface area contributed by atoms with Gasteiger partial charge in [-0.2, -0.15) is 4.31 Å². The van der Waals surface area contributed by atoms with Crippen LogP contribution in [0.25, 0.3) is 10.9 Å². The van der Waals surface area contributed by atoms with Crippen LogP contribution in [0.5, 0.6) is 0 Å². The van der Waals surface area contributed by atoms with Crippen molar-refractivity contribution in [2.45, 2.75) is 37.1 Å². The van der Waals surface area contributed by atoms with Crippen LogP contribution in [0.1, 0.15) is 26.7 Å². The van der Waals surface area contributed by atoms with Crippen LogP contribution < -0.4 is 0 Å². The Balaban J connectivity index is 1.99. The van der Waals surface area contributed by atoms with Crippen molar-refractivity contribution in [3.63, 3.8) is 0 Å². The molecule has 0 saturated carbocycles. The SMILES string of the molecule is CC1(C)C(CC(=O)O)CCN1S(=O)(=O)c1ccc2ncccc2c1. The summed E-state index contributed by atoms with van der Waals surface area (Å²) in [6.45, 7) is 3.93. The van der Waals surface area contributed by atoms with Crippen LogP contribution in [0, 0.1) is 5.92 Å². The molecule has 0 spiro atoms. The largest absolute Gasteiger partial charge is 0.481 e. The lowest BCUT2D eigenvalue weighted by atomic mass is 9.87. The number of carboxylic acid groups (broad SMARTS) is 1. The summed E-state index contributed by atoms with van der Waals surface area (Å²) in [5.41, 5.74) is 0.00193. The maximum atomic E-state index is 13.1. The number of aromatic nitrogens is 1. The molecule has 1 aromatic heterocycles. The third-order valence-corrected chi connectivity index (χ3v) is 6.99. The highest BCUT2D eigenvalue weighted by Gasteiger charge is 2.48. The van der Waals surface area contributed by atoms with Crippen molar-refractivity contribution in [3.05, 3.63) is 36.5 Å². The Morgan fingerprint density at radius 3 is 2.83 bits per heavy atom. The predicted octanol–water partition coefficient (Wildman–Crippen LogP) is 2.50. The lowest BCUT2D eigenvalue weighted by molar-refractivity contribution is -0.138. The molecule has 0 aliphatic carbocycles. The Bertz CT molecular complexity index is 892. The molecule has 1 aliphatic heterocycles. The van der Waals surface area contributed by atoms with Crippen molar-refractivity contribution in [1.82, 2.24) is 9.29 Å². The van der Waals surface area contributed by atoms with Gasteiger partial charge >= 0.3 is 5.97 Å². The van der Waals surface area contributed by atoms with Crippen LogP contribution in [0.4, 0.5) is 0 Å². The van der Waals surface area contributed by atoms with E-state index in [-0.39, 0.29) is 17.2 Å². The zero-order chi connectivity index (χ0) is 17.5. The van der Waals surface area contributed by atoms with E-state index in [4.69, 9.17) is 5.11 Å². The van der Waals surface area contributed by atoms with E-state index < -0.39 is 21.5 Å². The zero-order valence-electron chi connectivity index (χ0n) is 13.6. The number of rotatable bonds is 4. The minimum absolute atomic E-state index is 0.0271. The van der Waals surface area contributed by atoms with Crippen LogP contribution in [-0.2, 0) is 14.8 Å². The molecule has 1 aromatic carbocycles. The average molecular weight is 348 g/mol. The number of pyridine rings is 1. The van der Waals surface area contributed by atoms with Gasteiger partial charge in [0.05, 0.1) is 10.4 Å². The summed E-state index contributed by atoms with van der Waals surface area (Å²) >= 11 is 0. The number of sulfonamides is 1. The molecule has 1 fully saturated rings. The Kier molecular flexibility index (Phi) is 4.09. The van der Waals surface area contributed by atoms with Crippen molar-refractivity contribution in [1.29, 1.82) is 0 Å². The number of fused-ring (bicyclic) bond motifs is 1. The summed E-state index contributed by atoms with van der Waals surface area (Å²) in [6.07, 6.45) is 2.19. The fourth-order valence-electron chi connectivity index (χ4n) is 3.45. The summed E-state index contributed by atoms with van der Waals surface area (Å²) in [4.78, 5) is 15.5. The molecule has 24 heavy (non-hydrogen) atoms. The van der Waals surface area contributed by atoms with Gasteiger partial charge in [-0.15, -0.1) is 0 Å². The van der Waals surface area contributed by atoms with Gasteiger partial charge in [0.1, 0.15) is 0 Å². The van der Waals surface area contributed by atoms with Crippen molar-refractivity contribution in [2.24, 2.45) is 5.92 Å². The second-order valence-corrected chi connectivity index (χ2v) is 8.53. The molecule has 2 heterocycles. The highest BCUT2D eigenvalue weighted by Crippen LogP contribution is 2.40. The number of nitrogens with zero attached hydrogens (tertiary/aromatic N) is 2. The van der Waals surface area contributed by atoms with Gasteiger partial charge in [-0.1, -0.05) is 6.07 Å². The maximum Gasteiger partial charge on any atom is 0.303 e. The molecule has 0 amide bonds. The molecule has 3 rings (SSSR count). The fraction of sp³-hybridized carbons (Fsp3) is 0.412. The maximum absolute atomic E-state index is 13.1. The topological polar surface area (TPSA) is 87.6 Å². The average Bonchev–Trinajstić information content (AvgIpc) is 2.81. The minimum Gasteiger partial charge on any atom is -0.481 e. The highest BCUT2D eigenvalue weighted by molar-refractivity contribution is 7.89. The number of carboxylic acids is 1. The number of hydrogen-bond acceptors (Lipinski definition) is 4. The molecule has 1 aliphatic rings. The lowest BCUT2D eigenvalue weighted by Gasteiger charge is -2.34. The van der Waals surface area contributed by atoms with Crippen LogP contribution in [0.2, 0.25) is 0 Å². The number of benzene rings is 1. The van der Waals surface area contributed by atoms with Gasteiger partial charge in [0.25, 0.3) is 0 Å². The zero-order valence-corrected chi connectivity index (χ0v) is 14.5. The first-order valence-corrected chi connectivity index (χ1v) is 9.26. The molecule has 1 N–H and O–H groups in total. The molecule has 7 heteroatoms. The van der Waals surface area contributed by atoms with Gasteiger partial charge in [-0.25, -0.2) is 8.42 Å². The van der Waals surface area contributed by atoms with E-state index in [2.05, 4.69) is 4.98 Å². The minimum atomic E-state index is -3.69. The molecule has 1 saturated heterocycles. The normalized spacial score (nSPS) is 21.2. The molecule has 0 radical (unpaired) electrons. The first-order chi connectivity index (χ1) is 11.2. The third kappa shape index (κ3) is 2.78. The molecule has 1 unspecified atom stereocenters. The van der Waals surface area contributed by atoms with Crippen LogP contribution in [0.3, 0.4) is 0 Å². The Labute approximate surface area is 141 Å². The van der Waals surface area contributed by atoms with Crippen LogP contribution in [0.15, 0.2) is 41.4 Å². The van der Waals surface area contributed by atoms with E-state index in [0.717, 1.165) is 10.9 Å². The Hall–Kier alpha value is -1.99. The summed E-state index contributed by atoms with van der Waals surface area (Å²) < 4.78 is 27.6.